The summed E-state index contributed by atoms with van der Waals surface area (Å²) in [6.07, 6.45) is 29.2. The second kappa shape index (κ2) is 25.8. The van der Waals surface area contributed by atoms with Crippen LogP contribution < -0.4 is 0 Å². The van der Waals surface area contributed by atoms with E-state index in [-0.39, 0.29) is 5.97 Å². The molecule has 0 fully saturated rings. The van der Waals surface area contributed by atoms with Crippen molar-refractivity contribution < 1.29 is 9.53 Å². The van der Waals surface area contributed by atoms with Gasteiger partial charge in [-0.1, -0.05) is 143 Å². The van der Waals surface area contributed by atoms with Crippen LogP contribution in [-0.2, 0) is 9.53 Å². The zero-order valence-corrected chi connectivity index (χ0v) is 25.7. The molecule has 0 rings (SSSR count). The van der Waals surface area contributed by atoms with Crippen molar-refractivity contribution >= 4 is 5.97 Å². The van der Waals surface area contributed by atoms with Gasteiger partial charge in [0.2, 0.25) is 0 Å². The molecule has 0 aliphatic heterocycles. The molecular formula is C34H66O2. The van der Waals surface area contributed by atoms with E-state index in [2.05, 4.69) is 47.6 Å². The van der Waals surface area contributed by atoms with Crippen molar-refractivity contribution in [2.24, 2.45) is 17.8 Å². The van der Waals surface area contributed by atoms with Crippen molar-refractivity contribution in [1.82, 2.24) is 0 Å². The summed E-state index contributed by atoms with van der Waals surface area (Å²) in [6, 6.07) is 0. The Hall–Kier alpha value is -0.790. The first-order valence-electron chi connectivity index (χ1n) is 16.2. The molecular weight excluding hydrogens is 440 g/mol. The van der Waals surface area contributed by atoms with Gasteiger partial charge in [-0.25, -0.2) is 0 Å². The molecule has 2 atom stereocenters. The van der Waals surface area contributed by atoms with Crippen LogP contribution in [0.4, 0.5) is 0 Å². The van der Waals surface area contributed by atoms with Crippen molar-refractivity contribution in [3.63, 3.8) is 0 Å². The number of allylic oxidation sites excluding steroid dienone is 1. The number of hydrogen-bond acceptors (Lipinski definition) is 2. The molecule has 36 heavy (non-hydrogen) atoms. The summed E-state index contributed by atoms with van der Waals surface area (Å²) in [7, 11) is 0. The summed E-state index contributed by atoms with van der Waals surface area (Å²) in [5.74, 6) is 2.49. The summed E-state index contributed by atoms with van der Waals surface area (Å²) in [5.41, 5.74) is 1.37. The Morgan fingerprint density at radius 3 is 1.72 bits per heavy atom. The number of hydrogen-bond donors (Lipinski definition) is 0. The molecule has 0 amide bonds. The maximum Gasteiger partial charge on any atom is 0.306 e. The van der Waals surface area contributed by atoms with E-state index in [0.717, 1.165) is 37.0 Å². The molecule has 0 aliphatic carbocycles. The Balaban J connectivity index is 3.53. The Kier molecular flexibility index (Phi) is 25.3. The van der Waals surface area contributed by atoms with Crippen molar-refractivity contribution in [2.45, 2.75) is 176 Å². The molecule has 0 spiro atoms. The van der Waals surface area contributed by atoms with E-state index in [1.54, 1.807) is 0 Å². The number of unbranched alkanes of at least 4 members (excludes halogenated alkanes) is 13. The first kappa shape index (κ1) is 35.2. The van der Waals surface area contributed by atoms with Gasteiger partial charge in [0, 0.05) is 6.42 Å². The maximum atomic E-state index is 12.0. The van der Waals surface area contributed by atoms with Gasteiger partial charge in [-0.3, -0.25) is 4.79 Å². The van der Waals surface area contributed by atoms with Crippen LogP contribution >= 0.6 is 0 Å². The first-order chi connectivity index (χ1) is 17.3. The second-order valence-corrected chi connectivity index (χ2v) is 12.4. The number of carbonyl (C=O) groups is 1. The molecule has 2 nitrogen and oxygen atoms in total. The third-order valence-electron chi connectivity index (χ3n) is 7.72. The fraction of sp³-hybridized carbons (Fsp3) is 0.912. The predicted molar refractivity (Wildman–Crippen MR) is 161 cm³/mol. The summed E-state index contributed by atoms with van der Waals surface area (Å²) in [6.45, 7) is 14.4. The molecule has 0 aromatic carbocycles. The zero-order chi connectivity index (χ0) is 26.9. The summed E-state index contributed by atoms with van der Waals surface area (Å²) in [5, 5.41) is 0. The highest BCUT2D eigenvalue weighted by atomic mass is 16.5. The number of esters is 1. The van der Waals surface area contributed by atoms with Gasteiger partial charge in [-0.05, 0) is 56.4 Å². The quantitative estimate of drug-likeness (QED) is 0.0662. The van der Waals surface area contributed by atoms with Crippen LogP contribution in [0.15, 0.2) is 11.6 Å². The van der Waals surface area contributed by atoms with Crippen molar-refractivity contribution in [1.29, 1.82) is 0 Å². The van der Waals surface area contributed by atoms with E-state index in [0.29, 0.717) is 13.0 Å². The molecule has 2 unspecified atom stereocenters. The predicted octanol–water partition coefficient (Wildman–Crippen LogP) is 11.6. The van der Waals surface area contributed by atoms with Gasteiger partial charge in [0.1, 0.15) is 6.61 Å². The van der Waals surface area contributed by atoms with Gasteiger partial charge in [0.15, 0.2) is 0 Å². The van der Waals surface area contributed by atoms with E-state index < -0.39 is 0 Å². The van der Waals surface area contributed by atoms with Crippen LogP contribution in [0.5, 0.6) is 0 Å². The molecule has 0 radical (unpaired) electrons. The smallest absolute Gasteiger partial charge is 0.306 e. The molecule has 0 bridgehead atoms. The second-order valence-electron chi connectivity index (χ2n) is 12.4. The standard InChI is InChI=1S/C34H66O2/c1-7-8-9-10-11-12-13-14-15-16-19-22-31(4)27-28-36-34(35)24-21-18-17-20-23-32(5)29-33(6)26-25-30(2)3/h27,30,32-33H,7-26,28-29H2,1-6H3/b31-27+. The fourth-order valence-corrected chi connectivity index (χ4v) is 5.18. The maximum absolute atomic E-state index is 12.0. The van der Waals surface area contributed by atoms with E-state index >= 15 is 0 Å². The van der Waals surface area contributed by atoms with Crippen LogP contribution in [-0.4, -0.2) is 12.6 Å². The van der Waals surface area contributed by atoms with Gasteiger partial charge in [0.25, 0.3) is 0 Å². The molecule has 0 saturated heterocycles. The lowest BCUT2D eigenvalue weighted by Crippen LogP contribution is -2.05. The molecule has 0 N–H and O–H groups in total. The van der Waals surface area contributed by atoms with Crippen LogP contribution in [0.1, 0.15) is 176 Å². The van der Waals surface area contributed by atoms with Gasteiger partial charge in [0.05, 0.1) is 0 Å². The average molecular weight is 507 g/mol. The van der Waals surface area contributed by atoms with Crippen LogP contribution in [0.25, 0.3) is 0 Å². The number of rotatable bonds is 26. The number of ether oxygens (including phenoxy) is 1. The normalized spacial score (nSPS) is 13.8. The monoisotopic (exact) mass is 507 g/mol. The summed E-state index contributed by atoms with van der Waals surface area (Å²) >= 11 is 0. The van der Waals surface area contributed by atoms with Crippen molar-refractivity contribution in [2.75, 3.05) is 6.61 Å². The lowest BCUT2D eigenvalue weighted by molar-refractivity contribution is -0.142. The Bertz CT molecular complexity index is 507. The Morgan fingerprint density at radius 1 is 0.639 bits per heavy atom. The number of carbonyl (C=O) groups excluding carboxylic acids is 1. The topological polar surface area (TPSA) is 26.3 Å². The highest BCUT2D eigenvalue weighted by Crippen LogP contribution is 2.23. The Morgan fingerprint density at radius 2 is 1.14 bits per heavy atom. The van der Waals surface area contributed by atoms with Crippen LogP contribution in [0, 0.1) is 17.8 Å². The highest BCUT2D eigenvalue weighted by molar-refractivity contribution is 5.69. The molecule has 0 saturated carbocycles. The minimum atomic E-state index is -0.0268. The zero-order valence-electron chi connectivity index (χ0n) is 25.7. The Labute approximate surface area is 227 Å². The highest BCUT2D eigenvalue weighted by Gasteiger charge is 2.10. The molecule has 0 heterocycles. The van der Waals surface area contributed by atoms with E-state index in [1.165, 1.54) is 115 Å². The molecule has 0 aliphatic rings. The molecule has 0 aromatic heterocycles. The van der Waals surface area contributed by atoms with Crippen molar-refractivity contribution in [3.8, 4) is 0 Å². The van der Waals surface area contributed by atoms with Gasteiger partial charge < -0.3 is 4.74 Å². The van der Waals surface area contributed by atoms with E-state index in [9.17, 15) is 4.79 Å². The van der Waals surface area contributed by atoms with Gasteiger partial charge >= 0.3 is 5.97 Å². The fourth-order valence-electron chi connectivity index (χ4n) is 5.18. The lowest BCUT2D eigenvalue weighted by atomic mass is 9.88. The third-order valence-corrected chi connectivity index (χ3v) is 7.72. The lowest BCUT2D eigenvalue weighted by Gasteiger charge is -2.18. The van der Waals surface area contributed by atoms with Crippen LogP contribution in [0.3, 0.4) is 0 Å². The third kappa shape index (κ3) is 26.3. The van der Waals surface area contributed by atoms with Gasteiger partial charge in [-0.2, -0.15) is 0 Å². The largest absolute Gasteiger partial charge is 0.461 e. The minimum Gasteiger partial charge on any atom is -0.461 e. The molecule has 214 valence electrons. The summed E-state index contributed by atoms with van der Waals surface area (Å²) in [4.78, 5) is 12.0. The van der Waals surface area contributed by atoms with Crippen LogP contribution in [0.2, 0.25) is 0 Å². The summed E-state index contributed by atoms with van der Waals surface area (Å²) < 4.78 is 5.43. The molecule has 0 aromatic rings. The van der Waals surface area contributed by atoms with E-state index in [1.807, 2.05) is 0 Å². The van der Waals surface area contributed by atoms with Crippen molar-refractivity contribution in [3.05, 3.63) is 11.6 Å². The molecule has 2 heteroatoms. The first-order valence-corrected chi connectivity index (χ1v) is 16.2. The van der Waals surface area contributed by atoms with Gasteiger partial charge in [-0.15, -0.1) is 0 Å². The minimum absolute atomic E-state index is 0.0268. The van der Waals surface area contributed by atoms with E-state index in [4.69, 9.17) is 4.74 Å². The average Bonchev–Trinajstić information content (AvgIpc) is 2.83. The SMILES string of the molecule is CCCCCCCCCCCCC/C(C)=C/COC(=O)CCCCCCC(C)CC(C)CCC(C)C.